The van der Waals surface area contributed by atoms with E-state index in [2.05, 4.69) is 21.2 Å². The summed E-state index contributed by atoms with van der Waals surface area (Å²) in [7, 11) is 1.94. The zero-order chi connectivity index (χ0) is 9.42. The van der Waals surface area contributed by atoms with Gasteiger partial charge in [0.25, 0.3) is 0 Å². The maximum absolute atomic E-state index is 11.1. The van der Waals surface area contributed by atoms with E-state index in [1.54, 1.807) is 11.3 Å². The van der Waals surface area contributed by atoms with Crippen LogP contribution in [0.15, 0.2) is 15.9 Å². The lowest BCUT2D eigenvalue weighted by Gasteiger charge is -2.16. The normalized spacial score (nSPS) is 23.5. The molecule has 70 valence electrons. The van der Waals surface area contributed by atoms with Crippen molar-refractivity contribution in [2.75, 3.05) is 13.6 Å². The number of hydrogen-bond donors (Lipinski definition) is 1. The Hall–Kier alpha value is -0.390. The number of hydrogen-bond acceptors (Lipinski definition) is 3. The summed E-state index contributed by atoms with van der Waals surface area (Å²) in [6, 6.07) is 2.00. The minimum absolute atomic E-state index is 0.0434. The molecule has 0 radical (unpaired) electrons. The lowest BCUT2D eigenvalue weighted by molar-refractivity contribution is -0.118. The van der Waals surface area contributed by atoms with E-state index in [1.807, 2.05) is 23.4 Å². The van der Waals surface area contributed by atoms with Crippen molar-refractivity contribution in [3.8, 4) is 0 Å². The lowest BCUT2D eigenvalue weighted by Crippen LogP contribution is -2.23. The molecule has 1 fully saturated rings. The van der Waals surface area contributed by atoms with Crippen LogP contribution in [0, 0.1) is 0 Å². The molecule has 1 amide bonds. The number of nitrogens with zero attached hydrogens (tertiary/aromatic N) is 1. The van der Waals surface area contributed by atoms with Crippen molar-refractivity contribution in [2.24, 2.45) is 0 Å². The number of halogens is 1. The molecule has 2 heterocycles. The standard InChI is InChI=1S/C8H9BrN2OS/c1-11-4-6(12)10-8(11)7-5(9)2-3-13-7/h2-3,8H,4H2,1H3,(H,10,12)/t8-/m1/s1. The maximum Gasteiger partial charge on any atom is 0.235 e. The molecule has 2 rings (SSSR count). The van der Waals surface area contributed by atoms with Crippen molar-refractivity contribution in [2.45, 2.75) is 6.17 Å². The van der Waals surface area contributed by atoms with Gasteiger partial charge in [0, 0.05) is 4.47 Å². The van der Waals surface area contributed by atoms with Gasteiger partial charge in [0.1, 0.15) is 6.17 Å². The summed E-state index contributed by atoms with van der Waals surface area (Å²) in [5, 5.41) is 4.93. The van der Waals surface area contributed by atoms with Crippen LogP contribution in [0.3, 0.4) is 0 Å². The Kier molecular flexibility index (Phi) is 2.40. The molecule has 0 aliphatic carbocycles. The van der Waals surface area contributed by atoms with Crippen LogP contribution < -0.4 is 5.32 Å². The van der Waals surface area contributed by atoms with Crippen LogP contribution in [0.2, 0.25) is 0 Å². The topological polar surface area (TPSA) is 32.3 Å². The Labute approximate surface area is 88.9 Å². The van der Waals surface area contributed by atoms with Crippen LogP contribution in [-0.2, 0) is 4.79 Å². The lowest BCUT2D eigenvalue weighted by atomic mass is 10.4. The third-order valence-corrected chi connectivity index (χ3v) is 3.95. The largest absolute Gasteiger partial charge is 0.335 e. The summed E-state index contributed by atoms with van der Waals surface area (Å²) >= 11 is 5.11. The monoisotopic (exact) mass is 260 g/mol. The third kappa shape index (κ3) is 1.63. The summed E-state index contributed by atoms with van der Waals surface area (Å²) in [6.07, 6.45) is 0.0434. The summed E-state index contributed by atoms with van der Waals surface area (Å²) in [6.45, 7) is 0.481. The number of nitrogens with one attached hydrogen (secondary N) is 1. The van der Waals surface area contributed by atoms with Crippen LogP contribution in [-0.4, -0.2) is 24.4 Å². The van der Waals surface area contributed by atoms with E-state index in [9.17, 15) is 4.79 Å². The van der Waals surface area contributed by atoms with Crippen molar-refractivity contribution in [1.82, 2.24) is 10.2 Å². The highest BCUT2D eigenvalue weighted by Crippen LogP contribution is 2.32. The highest BCUT2D eigenvalue weighted by Gasteiger charge is 2.29. The molecule has 1 aliphatic rings. The first-order valence-electron chi connectivity index (χ1n) is 3.91. The van der Waals surface area contributed by atoms with E-state index in [1.165, 1.54) is 0 Å². The van der Waals surface area contributed by atoms with Gasteiger partial charge < -0.3 is 5.32 Å². The summed E-state index contributed by atoms with van der Waals surface area (Å²) in [5.74, 6) is 0.0906. The zero-order valence-corrected chi connectivity index (χ0v) is 9.48. The van der Waals surface area contributed by atoms with Gasteiger partial charge in [-0.05, 0) is 34.4 Å². The van der Waals surface area contributed by atoms with Gasteiger partial charge in [-0.2, -0.15) is 0 Å². The number of amides is 1. The molecule has 1 aromatic heterocycles. The first kappa shape index (κ1) is 9.18. The van der Waals surface area contributed by atoms with Crippen molar-refractivity contribution < 1.29 is 4.79 Å². The number of likely N-dealkylation sites (N-methyl/N-ethyl adjacent to an activating group) is 1. The molecule has 1 N–H and O–H groups in total. The van der Waals surface area contributed by atoms with Gasteiger partial charge in [0.15, 0.2) is 0 Å². The smallest absolute Gasteiger partial charge is 0.235 e. The van der Waals surface area contributed by atoms with Gasteiger partial charge in [-0.25, -0.2) is 0 Å². The van der Waals surface area contributed by atoms with E-state index in [0.29, 0.717) is 6.54 Å². The second-order valence-corrected chi connectivity index (χ2v) is 4.82. The van der Waals surface area contributed by atoms with Crippen LogP contribution in [0.5, 0.6) is 0 Å². The molecule has 1 aromatic rings. The molecule has 0 saturated carbocycles. The minimum Gasteiger partial charge on any atom is -0.335 e. The third-order valence-electron chi connectivity index (χ3n) is 2.02. The number of rotatable bonds is 1. The zero-order valence-electron chi connectivity index (χ0n) is 7.08. The Morgan fingerprint density at radius 3 is 3.00 bits per heavy atom. The predicted octanol–water partition coefficient (Wildman–Crippen LogP) is 1.57. The van der Waals surface area contributed by atoms with E-state index in [0.717, 1.165) is 9.35 Å². The maximum atomic E-state index is 11.1. The van der Waals surface area contributed by atoms with Crippen molar-refractivity contribution in [3.63, 3.8) is 0 Å². The van der Waals surface area contributed by atoms with E-state index in [4.69, 9.17) is 0 Å². The molecular weight excluding hydrogens is 252 g/mol. The molecular formula is C8H9BrN2OS. The SMILES string of the molecule is CN1CC(=O)N[C@H]1c1sccc1Br. The molecule has 5 heteroatoms. The van der Waals surface area contributed by atoms with Crippen molar-refractivity contribution >= 4 is 33.2 Å². The molecule has 3 nitrogen and oxygen atoms in total. The molecule has 0 spiro atoms. The molecule has 0 aromatic carbocycles. The van der Waals surface area contributed by atoms with E-state index in [-0.39, 0.29) is 12.1 Å². The Balaban J connectivity index is 2.27. The van der Waals surface area contributed by atoms with Gasteiger partial charge in [-0.1, -0.05) is 0 Å². The number of carbonyl (C=O) groups excluding carboxylic acids is 1. The highest BCUT2D eigenvalue weighted by atomic mass is 79.9. The number of carbonyl (C=O) groups is 1. The molecule has 1 saturated heterocycles. The summed E-state index contributed by atoms with van der Waals surface area (Å²) < 4.78 is 1.07. The van der Waals surface area contributed by atoms with Gasteiger partial charge in [0.05, 0.1) is 11.4 Å². The second-order valence-electron chi connectivity index (χ2n) is 3.02. The first-order valence-corrected chi connectivity index (χ1v) is 5.58. The molecule has 1 aliphatic heterocycles. The minimum atomic E-state index is 0.0434. The predicted molar refractivity (Wildman–Crippen MR) is 55.5 cm³/mol. The van der Waals surface area contributed by atoms with Crippen molar-refractivity contribution in [3.05, 3.63) is 20.8 Å². The van der Waals surface area contributed by atoms with Gasteiger partial charge in [0.2, 0.25) is 5.91 Å². The Morgan fingerprint density at radius 1 is 1.77 bits per heavy atom. The Morgan fingerprint density at radius 2 is 2.54 bits per heavy atom. The van der Waals surface area contributed by atoms with Crippen LogP contribution in [0.25, 0.3) is 0 Å². The quantitative estimate of drug-likeness (QED) is 0.832. The fourth-order valence-electron chi connectivity index (χ4n) is 1.39. The van der Waals surface area contributed by atoms with Crippen LogP contribution >= 0.6 is 27.3 Å². The average Bonchev–Trinajstić information content (AvgIpc) is 2.58. The Bertz CT molecular complexity index is 339. The van der Waals surface area contributed by atoms with Crippen LogP contribution in [0.1, 0.15) is 11.0 Å². The molecule has 0 unspecified atom stereocenters. The van der Waals surface area contributed by atoms with Crippen LogP contribution in [0.4, 0.5) is 0 Å². The molecule has 0 bridgehead atoms. The first-order chi connectivity index (χ1) is 6.18. The highest BCUT2D eigenvalue weighted by molar-refractivity contribution is 9.10. The molecule has 13 heavy (non-hydrogen) atoms. The fraction of sp³-hybridized carbons (Fsp3) is 0.375. The second kappa shape index (κ2) is 3.40. The number of thiophene rings is 1. The summed E-state index contributed by atoms with van der Waals surface area (Å²) in [5.41, 5.74) is 0. The van der Waals surface area contributed by atoms with E-state index < -0.39 is 0 Å². The van der Waals surface area contributed by atoms with Gasteiger partial charge in [-0.3, -0.25) is 9.69 Å². The fourth-order valence-corrected chi connectivity index (χ4v) is 3.10. The average molecular weight is 261 g/mol. The van der Waals surface area contributed by atoms with Crippen molar-refractivity contribution in [1.29, 1.82) is 0 Å². The summed E-state index contributed by atoms with van der Waals surface area (Å²) in [4.78, 5) is 14.3. The van der Waals surface area contributed by atoms with E-state index >= 15 is 0 Å². The van der Waals surface area contributed by atoms with Gasteiger partial charge >= 0.3 is 0 Å². The van der Waals surface area contributed by atoms with Gasteiger partial charge in [-0.15, -0.1) is 11.3 Å². The molecule has 1 atom stereocenters.